The molecule has 5 nitrogen and oxygen atoms in total. The fourth-order valence-electron chi connectivity index (χ4n) is 3.82. The maximum atomic E-state index is 11.5. The van der Waals surface area contributed by atoms with Crippen LogP contribution in [0.15, 0.2) is 28.7 Å². The molecule has 0 bridgehead atoms. The SMILES string of the molecule is Cc1oc(-c2cccc(Cl)c2)nc1CN1CCC2(CC1)CNC(=O)C2. The van der Waals surface area contributed by atoms with Crippen molar-refractivity contribution in [2.24, 2.45) is 5.41 Å². The number of nitrogens with zero attached hydrogens (tertiary/aromatic N) is 2. The van der Waals surface area contributed by atoms with E-state index in [0.29, 0.717) is 17.3 Å². The fraction of sp³-hybridized carbons (Fsp3) is 0.474. The van der Waals surface area contributed by atoms with Gasteiger partial charge in [-0.05, 0) is 56.5 Å². The third kappa shape index (κ3) is 3.44. The lowest BCUT2D eigenvalue weighted by molar-refractivity contribution is -0.119. The Morgan fingerprint density at radius 1 is 1.36 bits per heavy atom. The highest BCUT2D eigenvalue weighted by Crippen LogP contribution is 2.38. The lowest BCUT2D eigenvalue weighted by atomic mass is 9.77. The molecule has 1 amide bonds. The maximum absolute atomic E-state index is 11.5. The molecule has 2 aliphatic heterocycles. The van der Waals surface area contributed by atoms with Crippen LogP contribution in [0.2, 0.25) is 5.02 Å². The van der Waals surface area contributed by atoms with Crippen molar-refractivity contribution in [3.8, 4) is 11.5 Å². The molecule has 6 heteroatoms. The molecule has 0 unspecified atom stereocenters. The zero-order chi connectivity index (χ0) is 17.4. The smallest absolute Gasteiger partial charge is 0.226 e. The van der Waals surface area contributed by atoms with Crippen molar-refractivity contribution in [1.82, 2.24) is 15.2 Å². The first-order valence-corrected chi connectivity index (χ1v) is 9.12. The van der Waals surface area contributed by atoms with Gasteiger partial charge in [-0.15, -0.1) is 0 Å². The molecule has 0 radical (unpaired) electrons. The minimum atomic E-state index is 0.179. The van der Waals surface area contributed by atoms with E-state index in [-0.39, 0.29) is 11.3 Å². The number of halogens is 1. The quantitative estimate of drug-likeness (QED) is 0.912. The highest BCUT2D eigenvalue weighted by atomic mass is 35.5. The summed E-state index contributed by atoms with van der Waals surface area (Å²) >= 11 is 6.06. The lowest BCUT2D eigenvalue weighted by Gasteiger charge is -2.37. The van der Waals surface area contributed by atoms with Crippen LogP contribution in [-0.2, 0) is 11.3 Å². The summed E-state index contributed by atoms with van der Waals surface area (Å²) in [6.45, 7) is 5.57. The Labute approximate surface area is 152 Å². The Morgan fingerprint density at radius 2 is 2.16 bits per heavy atom. The number of amides is 1. The van der Waals surface area contributed by atoms with Gasteiger partial charge in [-0.3, -0.25) is 9.69 Å². The molecular formula is C19H22ClN3O2. The number of carbonyl (C=O) groups excluding carboxylic acids is 1. The summed E-state index contributed by atoms with van der Waals surface area (Å²) in [5.74, 6) is 1.68. The van der Waals surface area contributed by atoms with Crippen LogP contribution in [0.3, 0.4) is 0 Å². The zero-order valence-electron chi connectivity index (χ0n) is 14.3. The van der Waals surface area contributed by atoms with Crippen molar-refractivity contribution in [3.63, 3.8) is 0 Å². The number of rotatable bonds is 3. The molecule has 132 valence electrons. The second kappa shape index (κ2) is 6.46. The number of benzene rings is 1. The Hall–Kier alpha value is -1.85. The molecule has 0 aliphatic carbocycles. The molecule has 2 aliphatic rings. The number of nitrogens with one attached hydrogen (secondary N) is 1. The third-order valence-corrected chi connectivity index (χ3v) is 5.69. The van der Waals surface area contributed by atoms with Crippen LogP contribution in [0.1, 0.15) is 30.7 Å². The summed E-state index contributed by atoms with van der Waals surface area (Å²) in [6.07, 6.45) is 2.80. The van der Waals surface area contributed by atoms with Crippen molar-refractivity contribution in [2.45, 2.75) is 32.7 Å². The summed E-state index contributed by atoms with van der Waals surface area (Å²) in [5, 5.41) is 3.66. The van der Waals surface area contributed by atoms with Gasteiger partial charge in [0.05, 0.1) is 5.69 Å². The topological polar surface area (TPSA) is 58.4 Å². The molecule has 1 spiro atoms. The van der Waals surface area contributed by atoms with Crippen molar-refractivity contribution in [1.29, 1.82) is 0 Å². The van der Waals surface area contributed by atoms with Gasteiger partial charge in [-0.1, -0.05) is 17.7 Å². The Kier molecular flexibility index (Phi) is 4.29. The molecule has 1 aromatic carbocycles. The Bertz CT molecular complexity index is 794. The van der Waals surface area contributed by atoms with Gasteiger partial charge in [-0.2, -0.15) is 0 Å². The minimum absolute atomic E-state index is 0.179. The second-order valence-corrected chi connectivity index (χ2v) is 7.70. The van der Waals surface area contributed by atoms with Crippen LogP contribution < -0.4 is 5.32 Å². The molecule has 1 N–H and O–H groups in total. The van der Waals surface area contributed by atoms with Crippen molar-refractivity contribution in [3.05, 3.63) is 40.7 Å². The largest absolute Gasteiger partial charge is 0.441 e. The van der Waals surface area contributed by atoms with E-state index in [1.807, 2.05) is 31.2 Å². The highest BCUT2D eigenvalue weighted by Gasteiger charge is 2.40. The number of hydrogen-bond donors (Lipinski definition) is 1. The number of carbonyl (C=O) groups is 1. The monoisotopic (exact) mass is 359 g/mol. The molecule has 0 saturated carbocycles. The number of oxazole rings is 1. The Morgan fingerprint density at radius 3 is 2.84 bits per heavy atom. The molecule has 3 heterocycles. The summed E-state index contributed by atoms with van der Waals surface area (Å²) in [5.41, 5.74) is 2.06. The van der Waals surface area contributed by atoms with E-state index in [2.05, 4.69) is 15.2 Å². The van der Waals surface area contributed by atoms with Crippen LogP contribution in [0.4, 0.5) is 0 Å². The summed E-state index contributed by atoms with van der Waals surface area (Å²) in [6, 6.07) is 7.56. The van der Waals surface area contributed by atoms with Crippen LogP contribution in [0.25, 0.3) is 11.5 Å². The second-order valence-electron chi connectivity index (χ2n) is 7.26. The van der Waals surface area contributed by atoms with E-state index in [1.54, 1.807) is 0 Å². The van der Waals surface area contributed by atoms with Crippen LogP contribution in [0, 0.1) is 12.3 Å². The van der Waals surface area contributed by atoms with Crippen molar-refractivity contribution in [2.75, 3.05) is 19.6 Å². The lowest BCUT2D eigenvalue weighted by Crippen LogP contribution is -2.40. The van der Waals surface area contributed by atoms with Gasteiger partial charge in [0.25, 0.3) is 0 Å². The number of hydrogen-bond acceptors (Lipinski definition) is 4. The molecule has 25 heavy (non-hydrogen) atoms. The molecule has 4 rings (SSSR count). The maximum Gasteiger partial charge on any atom is 0.226 e. The van der Waals surface area contributed by atoms with Gasteiger partial charge in [0.2, 0.25) is 11.8 Å². The molecular weight excluding hydrogens is 338 g/mol. The van der Waals surface area contributed by atoms with E-state index in [4.69, 9.17) is 16.0 Å². The van der Waals surface area contributed by atoms with Gasteiger partial charge < -0.3 is 9.73 Å². The summed E-state index contributed by atoms with van der Waals surface area (Å²) in [4.78, 5) is 18.6. The standard InChI is InChI=1S/C19H22ClN3O2/c1-13-16(22-18(25-13)14-3-2-4-15(20)9-14)11-23-7-5-19(6-8-23)10-17(24)21-12-19/h2-4,9H,5-8,10-12H2,1H3,(H,21,24). The van der Waals surface area contributed by atoms with Crippen molar-refractivity contribution >= 4 is 17.5 Å². The van der Waals surface area contributed by atoms with E-state index in [9.17, 15) is 4.79 Å². The first-order chi connectivity index (χ1) is 12.0. The third-order valence-electron chi connectivity index (χ3n) is 5.45. The zero-order valence-corrected chi connectivity index (χ0v) is 15.1. The molecule has 2 fully saturated rings. The number of piperidine rings is 1. The van der Waals surface area contributed by atoms with E-state index >= 15 is 0 Å². The fourth-order valence-corrected chi connectivity index (χ4v) is 4.01. The number of aromatic nitrogens is 1. The van der Waals surface area contributed by atoms with Gasteiger partial charge >= 0.3 is 0 Å². The summed E-state index contributed by atoms with van der Waals surface area (Å²) < 4.78 is 5.85. The van der Waals surface area contributed by atoms with Crippen LogP contribution >= 0.6 is 11.6 Å². The molecule has 2 saturated heterocycles. The predicted molar refractivity (Wildman–Crippen MR) is 96.3 cm³/mol. The molecule has 0 atom stereocenters. The van der Waals surface area contributed by atoms with E-state index < -0.39 is 0 Å². The number of aryl methyl sites for hydroxylation is 1. The van der Waals surface area contributed by atoms with Gasteiger partial charge in [0.1, 0.15) is 5.76 Å². The van der Waals surface area contributed by atoms with Crippen LogP contribution in [-0.4, -0.2) is 35.4 Å². The first kappa shape index (κ1) is 16.6. The average Bonchev–Trinajstić information content (AvgIpc) is 3.14. The normalized spacial score (nSPS) is 20.2. The van der Waals surface area contributed by atoms with Gasteiger partial charge in [-0.25, -0.2) is 4.98 Å². The van der Waals surface area contributed by atoms with Crippen LogP contribution in [0.5, 0.6) is 0 Å². The predicted octanol–water partition coefficient (Wildman–Crippen LogP) is 3.41. The molecule has 2 aromatic rings. The average molecular weight is 360 g/mol. The van der Waals surface area contributed by atoms with Gasteiger partial charge in [0, 0.05) is 30.1 Å². The number of likely N-dealkylation sites (tertiary alicyclic amines) is 1. The molecule has 1 aromatic heterocycles. The summed E-state index contributed by atoms with van der Waals surface area (Å²) in [7, 11) is 0. The van der Waals surface area contributed by atoms with Gasteiger partial charge in [0.15, 0.2) is 0 Å². The van der Waals surface area contributed by atoms with Crippen molar-refractivity contribution < 1.29 is 9.21 Å². The van der Waals surface area contributed by atoms with E-state index in [1.165, 1.54) is 0 Å². The first-order valence-electron chi connectivity index (χ1n) is 8.74. The highest BCUT2D eigenvalue weighted by molar-refractivity contribution is 6.30. The van der Waals surface area contributed by atoms with E-state index in [0.717, 1.165) is 56.0 Å². The Balaban J connectivity index is 1.43. The minimum Gasteiger partial charge on any atom is -0.441 e.